The lowest BCUT2D eigenvalue weighted by Gasteiger charge is -2.40. The van der Waals surface area contributed by atoms with E-state index < -0.39 is 11.4 Å². The van der Waals surface area contributed by atoms with Crippen LogP contribution in [0.1, 0.15) is 31.2 Å². The maximum atomic E-state index is 13.0. The van der Waals surface area contributed by atoms with E-state index in [1.54, 1.807) is 12.0 Å². The second kappa shape index (κ2) is 8.13. The minimum atomic E-state index is -0.856. The van der Waals surface area contributed by atoms with E-state index in [2.05, 4.69) is 0 Å². The number of aromatic nitrogens is 1. The lowest BCUT2D eigenvalue weighted by Crippen LogP contribution is -2.50. The molecular weight excluding hydrogens is 344 g/mol. The Kier molecular flexibility index (Phi) is 5.85. The zero-order valence-corrected chi connectivity index (χ0v) is 16.1. The number of fused-ring (bicyclic) bond motifs is 1. The Labute approximate surface area is 159 Å². The van der Waals surface area contributed by atoms with Crippen LogP contribution in [0.15, 0.2) is 30.5 Å². The van der Waals surface area contributed by atoms with Crippen LogP contribution >= 0.6 is 0 Å². The standard InChI is InChI=1S/C21H28N2O4/c1-22-14-16(17-7-3-4-8-18(17)22)13-19(24)23-11-5-9-21(15-23,20(25)26)10-6-12-27-2/h3-4,7-8,14H,5-6,9-13,15H2,1-2H3,(H,25,26). The van der Waals surface area contributed by atoms with Crippen molar-refractivity contribution in [1.82, 2.24) is 9.47 Å². The van der Waals surface area contributed by atoms with Crippen molar-refractivity contribution in [3.8, 4) is 0 Å². The van der Waals surface area contributed by atoms with Crippen molar-refractivity contribution in [3.05, 3.63) is 36.0 Å². The summed E-state index contributed by atoms with van der Waals surface area (Å²) in [6.45, 7) is 1.46. The average Bonchev–Trinajstić information content (AvgIpc) is 2.98. The fourth-order valence-electron chi connectivity index (χ4n) is 4.23. The predicted molar refractivity (Wildman–Crippen MR) is 104 cm³/mol. The van der Waals surface area contributed by atoms with Crippen LogP contribution in [0.5, 0.6) is 0 Å². The molecule has 0 spiro atoms. The molecule has 1 aromatic carbocycles. The molecule has 1 fully saturated rings. The van der Waals surface area contributed by atoms with E-state index in [-0.39, 0.29) is 12.5 Å². The van der Waals surface area contributed by atoms with Gasteiger partial charge in [-0.3, -0.25) is 9.59 Å². The van der Waals surface area contributed by atoms with Gasteiger partial charge in [-0.15, -0.1) is 0 Å². The molecule has 1 aliphatic heterocycles. The summed E-state index contributed by atoms with van der Waals surface area (Å²) in [6.07, 6.45) is 4.86. The van der Waals surface area contributed by atoms with Crippen LogP contribution in [0.4, 0.5) is 0 Å². The van der Waals surface area contributed by atoms with E-state index in [1.165, 1.54) is 0 Å². The number of ether oxygens (including phenoxy) is 1. The van der Waals surface area contributed by atoms with E-state index in [1.807, 2.05) is 42.1 Å². The van der Waals surface area contributed by atoms with Crippen molar-refractivity contribution in [2.24, 2.45) is 12.5 Å². The van der Waals surface area contributed by atoms with Crippen molar-refractivity contribution in [2.45, 2.75) is 32.1 Å². The van der Waals surface area contributed by atoms with Crippen molar-refractivity contribution in [2.75, 3.05) is 26.8 Å². The van der Waals surface area contributed by atoms with Crippen LogP contribution in [0.25, 0.3) is 10.9 Å². The van der Waals surface area contributed by atoms with Crippen LogP contribution in [0.2, 0.25) is 0 Å². The first-order chi connectivity index (χ1) is 13.0. The first-order valence-electron chi connectivity index (χ1n) is 9.50. The third kappa shape index (κ3) is 4.00. The van der Waals surface area contributed by atoms with Crippen molar-refractivity contribution in [1.29, 1.82) is 0 Å². The SMILES string of the molecule is COCCCC1(C(=O)O)CCCN(C(=O)Cc2cn(C)c3ccccc23)C1. The number of amides is 1. The smallest absolute Gasteiger partial charge is 0.311 e. The Bertz CT molecular complexity index is 829. The molecule has 1 saturated heterocycles. The zero-order chi connectivity index (χ0) is 19.4. The summed E-state index contributed by atoms with van der Waals surface area (Å²) >= 11 is 0. The van der Waals surface area contributed by atoms with Gasteiger partial charge in [-0.1, -0.05) is 18.2 Å². The minimum Gasteiger partial charge on any atom is -0.481 e. The molecule has 6 heteroatoms. The number of methoxy groups -OCH3 is 1. The van der Waals surface area contributed by atoms with Gasteiger partial charge >= 0.3 is 5.97 Å². The number of piperidine rings is 1. The zero-order valence-electron chi connectivity index (χ0n) is 16.1. The lowest BCUT2D eigenvalue weighted by atomic mass is 9.76. The highest BCUT2D eigenvalue weighted by molar-refractivity contribution is 5.89. The van der Waals surface area contributed by atoms with Gasteiger partial charge in [0.1, 0.15) is 0 Å². The van der Waals surface area contributed by atoms with Gasteiger partial charge in [-0.05, 0) is 37.3 Å². The molecule has 1 N–H and O–H groups in total. The number of carboxylic acid groups (broad SMARTS) is 1. The number of benzene rings is 1. The highest BCUT2D eigenvalue weighted by Crippen LogP contribution is 2.35. The van der Waals surface area contributed by atoms with Gasteiger partial charge in [0.2, 0.25) is 5.91 Å². The highest BCUT2D eigenvalue weighted by atomic mass is 16.5. The molecule has 2 aromatic rings. The number of carbonyl (C=O) groups is 2. The summed E-state index contributed by atoms with van der Waals surface area (Å²) in [7, 11) is 3.59. The minimum absolute atomic E-state index is 0.00317. The number of nitrogens with zero attached hydrogens (tertiary/aromatic N) is 2. The molecule has 3 rings (SSSR count). The summed E-state index contributed by atoms with van der Waals surface area (Å²) in [4.78, 5) is 26.7. The second-order valence-corrected chi connectivity index (χ2v) is 7.56. The number of hydrogen-bond acceptors (Lipinski definition) is 3. The monoisotopic (exact) mass is 372 g/mol. The molecule has 1 unspecified atom stereocenters. The number of likely N-dealkylation sites (tertiary alicyclic amines) is 1. The summed E-state index contributed by atoms with van der Waals surface area (Å²) in [5.41, 5.74) is 1.23. The number of carbonyl (C=O) groups excluding carboxylic acids is 1. The Morgan fingerprint density at radius 3 is 2.81 bits per heavy atom. The van der Waals surface area contributed by atoms with Gasteiger partial charge in [0.15, 0.2) is 0 Å². The Hall–Kier alpha value is -2.34. The number of para-hydroxylation sites is 1. The van der Waals surface area contributed by atoms with Crippen LogP contribution in [-0.2, 0) is 27.8 Å². The summed E-state index contributed by atoms with van der Waals surface area (Å²) in [5, 5.41) is 10.9. The van der Waals surface area contributed by atoms with Gasteiger partial charge in [-0.25, -0.2) is 0 Å². The van der Waals surface area contributed by atoms with E-state index in [4.69, 9.17) is 4.74 Å². The Morgan fingerprint density at radius 1 is 1.30 bits per heavy atom. The molecule has 0 bridgehead atoms. The van der Waals surface area contributed by atoms with Crippen LogP contribution < -0.4 is 0 Å². The molecule has 1 aromatic heterocycles. The average molecular weight is 372 g/mol. The van der Waals surface area contributed by atoms with Crippen LogP contribution in [-0.4, -0.2) is 53.3 Å². The summed E-state index contributed by atoms with van der Waals surface area (Å²) in [5.74, 6) is -0.801. The number of hydrogen-bond donors (Lipinski definition) is 1. The summed E-state index contributed by atoms with van der Waals surface area (Å²) < 4.78 is 7.11. The van der Waals surface area contributed by atoms with Gasteiger partial charge in [0, 0.05) is 51.0 Å². The van der Waals surface area contributed by atoms with E-state index in [0.29, 0.717) is 38.8 Å². The third-order valence-electron chi connectivity index (χ3n) is 5.71. The lowest BCUT2D eigenvalue weighted by molar-refractivity contribution is -0.155. The number of aryl methyl sites for hydroxylation is 1. The molecule has 6 nitrogen and oxygen atoms in total. The first kappa shape index (κ1) is 19.4. The third-order valence-corrected chi connectivity index (χ3v) is 5.71. The van der Waals surface area contributed by atoms with E-state index in [0.717, 1.165) is 22.9 Å². The Balaban J connectivity index is 1.74. The van der Waals surface area contributed by atoms with E-state index in [9.17, 15) is 14.7 Å². The second-order valence-electron chi connectivity index (χ2n) is 7.56. The molecule has 0 aliphatic carbocycles. The maximum Gasteiger partial charge on any atom is 0.311 e. The molecule has 27 heavy (non-hydrogen) atoms. The van der Waals surface area contributed by atoms with Gasteiger partial charge in [-0.2, -0.15) is 0 Å². The molecule has 1 aliphatic rings. The van der Waals surface area contributed by atoms with Crippen LogP contribution in [0.3, 0.4) is 0 Å². The molecule has 1 amide bonds. The quantitative estimate of drug-likeness (QED) is 0.759. The molecular formula is C21H28N2O4. The van der Waals surface area contributed by atoms with Gasteiger partial charge in [0.05, 0.1) is 11.8 Å². The predicted octanol–water partition coefficient (Wildman–Crippen LogP) is 2.84. The van der Waals surface area contributed by atoms with Crippen LogP contribution in [0, 0.1) is 5.41 Å². The first-order valence-corrected chi connectivity index (χ1v) is 9.50. The molecule has 1 atom stereocenters. The van der Waals surface area contributed by atoms with Gasteiger partial charge in [0.25, 0.3) is 0 Å². The summed E-state index contributed by atoms with van der Waals surface area (Å²) in [6, 6.07) is 8.03. The fraction of sp³-hybridized carbons (Fsp3) is 0.524. The van der Waals surface area contributed by atoms with Crippen molar-refractivity contribution < 1.29 is 19.4 Å². The maximum absolute atomic E-state index is 13.0. The number of rotatable bonds is 7. The van der Waals surface area contributed by atoms with Crippen molar-refractivity contribution >= 4 is 22.8 Å². The largest absolute Gasteiger partial charge is 0.481 e. The Morgan fingerprint density at radius 2 is 2.07 bits per heavy atom. The molecule has 2 heterocycles. The molecule has 146 valence electrons. The van der Waals surface area contributed by atoms with Crippen molar-refractivity contribution in [3.63, 3.8) is 0 Å². The topological polar surface area (TPSA) is 71.8 Å². The highest BCUT2D eigenvalue weighted by Gasteiger charge is 2.43. The normalized spacial score (nSPS) is 20.1. The molecule has 0 saturated carbocycles. The number of carboxylic acids is 1. The fourth-order valence-corrected chi connectivity index (χ4v) is 4.23. The number of aliphatic carboxylic acids is 1. The van der Waals surface area contributed by atoms with E-state index >= 15 is 0 Å². The molecule has 0 radical (unpaired) electrons. The van der Waals surface area contributed by atoms with Gasteiger partial charge < -0.3 is 19.3 Å².